The van der Waals surface area contributed by atoms with Gasteiger partial charge < -0.3 is 17.7 Å². The fraction of sp³-hybridized carbons (Fsp3) is 0.875. The first-order chi connectivity index (χ1) is 12.9. The quantitative estimate of drug-likeness (QED) is 0.253. The summed E-state index contributed by atoms with van der Waals surface area (Å²) in [6, 6.07) is 0. The molecule has 0 aromatic heterocycles. The van der Waals surface area contributed by atoms with Crippen LogP contribution in [-0.2, 0) is 4.79 Å². The van der Waals surface area contributed by atoms with Gasteiger partial charge in [-0.3, -0.25) is 9.28 Å². The number of hydrogen-bond donors (Lipinski definition) is 1. The van der Waals surface area contributed by atoms with Gasteiger partial charge in [0.2, 0.25) is 5.91 Å². The van der Waals surface area contributed by atoms with Gasteiger partial charge in [-0.1, -0.05) is 84.5 Å². The molecule has 0 radical (unpaired) electrons. The van der Waals surface area contributed by atoms with Crippen molar-refractivity contribution in [3.05, 3.63) is 12.3 Å². The summed E-state index contributed by atoms with van der Waals surface area (Å²) in [4.78, 5) is 12.2. The van der Waals surface area contributed by atoms with Crippen molar-refractivity contribution in [2.45, 2.75) is 110 Å². The highest BCUT2D eigenvalue weighted by molar-refractivity contribution is 5.77. The Labute approximate surface area is 182 Å². The molecule has 3 nitrogen and oxygen atoms in total. The number of quaternary nitrogens is 1. The largest absolute Gasteiger partial charge is 1.00 e. The molecule has 0 unspecified atom stereocenters. The van der Waals surface area contributed by atoms with Gasteiger partial charge in [0.25, 0.3) is 0 Å². The summed E-state index contributed by atoms with van der Waals surface area (Å²) < 4.78 is 0.763. The summed E-state index contributed by atoms with van der Waals surface area (Å²) in [6.07, 6.45) is 18.7. The van der Waals surface area contributed by atoms with Gasteiger partial charge in [-0.2, -0.15) is 0 Å². The van der Waals surface area contributed by atoms with E-state index in [0.29, 0.717) is 6.42 Å². The predicted octanol–water partition coefficient (Wildman–Crippen LogP) is 3.59. The van der Waals surface area contributed by atoms with Crippen molar-refractivity contribution in [1.82, 2.24) is 5.32 Å². The van der Waals surface area contributed by atoms with Crippen LogP contribution in [0.3, 0.4) is 0 Å². The highest BCUT2D eigenvalue weighted by Crippen LogP contribution is 2.16. The Morgan fingerprint density at radius 3 is 1.68 bits per heavy atom. The third-order valence-corrected chi connectivity index (χ3v) is 5.64. The van der Waals surface area contributed by atoms with Crippen molar-refractivity contribution in [3.63, 3.8) is 0 Å². The standard InChI is InChI=1S/C24H48N2O.ClH/c1-6-8-10-12-14-15-16-18-20-25-24(27)22-23(3)26(4,5)21-19-17-13-11-9-7-2;/h3,6-22H2,1-2,4-5H3;1H. The maximum atomic E-state index is 12.2. The van der Waals surface area contributed by atoms with E-state index in [0.717, 1.165) is 29.7 Å². The molecule has 0 saturated carbocycles. The fourth-order valence-electron chi connectivity index (χ4n) is 3.39. The summed E-state index contributed by atoms with van der Waals surface area (Å²) in [7, 11) is 4.36. The Morgan fingerprint density at radius 1 is 0.750 bits per heavy atom. The van der Waals surface area contributed by atoms with Crippen LogP contribution in [0.5, 0.6) is 0 Å². The van der Waals surface area contributed by atoms with E-state index in [1.54, 1.807) is 0 Å². The van der Waals surface area contributed by atoms with Crippen LogP contribution in [0, 0.1) is 0 Å². The van der Waals surface area contributed by atoms with Crippen molar-refractivity contribution in [2.75, 3.05) is 27.2 Å². The van der Waals surface area contributed by atoms with Crippen molar-refractivity contribution in [3.8, 4) is 0 Å². The Hall–Kier alpha value is -0.540. The molecule has 28 heavy (non-hydrogen) atoms. The lowest BCUT2D eigenvalue weighted by Gasteiger charge is -2.31. The van der Waals surface area contributed by atoms with E-state index >= 15 is 0 Å². The van der Waals surface area contributed by atoms with Gasteiger partial charge in [0.1, 0.15) is 12.1 Å². The van der Waals surface area contributed by atoms with Crippen LogP contribution in [0.1, 0.15) is 110 Å². The second-order valence-electron chi connectivity index (χ2n) is 8.74. The molecule has 0 aliphatic heterocycles. The molecule has 168 valence electrons. The van der Waals surface area contributed by atoms with Gasteiger partial charge in [0.15, 0.2) is 0 Å². The molecule has 0 aromatic rings. The Balaban J connectivity index is 0. The minimum atomic E-state index is 0. The average molecular weight is 417 g/mol. The van der Waals surface area contributed by atoms with Gasteiger partial charge in [-0.25, -0.2) is 0 Å². The average Bonchev–Trinajstić information content (AvgIpc) is 2.63. The van der Waals surface area contributed by atoms with E-state index in [4.69, 9.17) is 0 Å². The first kappa shape index (κ1) is 29.7. The summed E-state index contributed by atoms with van der Waals surface area (Å²) >= 11 is 0. The number of carbonyl (C=O) groups is 1. The topological polar surface area (TPSA) is 29.1 Å². The first-order valence-corrected chi connectivity index (χ1v) is 11.7. The summed E-state index contributed by atoms with van der Waals surface area (Å²) in [6.45, 7) is 10.6. The van der Waals surface area contributed by atoms with Crippen LogP contribution in [0.25, 0.3) is 0 Å². The summed E-state index contributed by atoms with van der Waals surface area (Å²) in [5.74, 6) is 0.136. The van der Waals surface area contributed by atoms with E-state index in [1.807, 2.05) is 0 Å². The van der Waals surface area contributed by atoms with Gasteiger partial charge in [-0.05, 0) is 25.8 Å². The second-order valence-corrected chi connectivity index (χ2v) is 8.74. The molecule has 0 saturated heterocycles. The SMILES string of the molecule is C=C(CC(=O)NCCCCCCCCCC)[N+](C)(C)CCCCCCCC.[Cl-]. The number of hydrogen-bond acceptors (Lipinski definition) is 1. The molecule has 0 atom stereocenters. The van der Waals surface area contributed by atoms with E-state index in [2.05, 4.69) is 39.8 Å². The number of nitrogens with one attached hydrogen (secondary N) is 1. The Bertz CT molecular complexity index is 383. The number of carbonyl (C=O) groups excluding carboxylic acids is 1. The van der Waals surface area contributed by atoms with Crippen LogP contribution < -0.4 is 17.7 Å². The van der Waals surface area contributed by atoms with Crippen molar-refractivity contribution in [2.24, 2.45) is 0 Å². The number of halogens is 1. The number of rotatable bonds is 19. The molecule has 0 rings (SSSR count). The smallest absolute Gasteiger partial charge is 0.229 e. The van der Waals surface area contributed by atoms with E-state index < -0.39 is 0 Å². The molecule has 0 aliphatic carbocycles. The lowest BCUT2D eigenvalue weighted by atomic mass is 10.1. The number of nitrogens with zero attached hydrogens (tertiary/aromatic N) is 1. The molecule has 1 N–H and O–H groups in total. The molecular weight excluding hydrogens is 368 g/mol. The molecule has 0 heterocycles. The zero-order chi connectivity index (χ0) is 20.4. The molecule has 4 heteroatoms. The van der Waals surface area contributed by atoms with E-state index in [9.17, 15) is 4.79 Å². The molecule has 1 amide bonds. The van der Waals surface area contributed by atoms with Gasteiger partial charge in [0, 0.05) is 6.54 Å². The summed E-state index contributed by atoms with van der Waals surface area (Å²) in [5, 5.41) is 3.08. The zero-order valence-electron chi connectivity index (χ0n) is 19.5. The Morgan fingerprint density at radius 2 is 1.18 bits per heavy atom. The van der Waals surface area contributed by atoms with Gasteiger partial charge in [0.05, 0.1) is 20.6 Å². The maximum absolute atomic E-state index is 12.2. The minimum absolute atomic E-state index is 0. The van der Waals surface area contributed by atoms with Crippen LogP contribution in [-0.4, -0.2) is 37.6 Å². The van der Waals surface area contributed by atoms with E-state index in [-0.39, 0.29) is 18.3 Å². The first-order valence-electron chi connectivity index (χ1n) is 11.7. The second kappa shape index (κ2) is 19.8. The zero-order valence-corrected chi connectivity index (χ0v) is 20.2. The molecule has 0 fully saturated rings. The highest BCUT2D eigenvalue weighted by Gasteiger charge is 2.22. The normalized spacial score (nSPS) is 11.1. The predicted molar refractivity (Wildman–Crippen MR) is 120 cm³/mol. The maximum Gasteiger partial charge on any atom is 0.229 e. The van der Waals surface area contributed by atoms with Crippen LogP contribution in [0.4, 0.5) is 0 Å². The van der Waals surface area contributed by atoms with Crippen molar-refractivity contribution in [1.29, 1.82) is 0 Å². The highest BCUT2D eigenvalue weighted by atomic mass is 35.5. The number of amides is 1. The van der Waals surface area contributed by atoms with Crippen LogP contribution >= 0.6 is 0 Å². The van der Waals surface area contributed by atoms with Crippen LogP contribution in [0.2, 0.25) is 0 Å². The number of unbranched alkanes of at least 4 members (excludes halogenated alkanes) is 12. The minimum Gasteiger partial charge on any atom is -1.00 e. The van der Waals surface area contributed by atoms with Crippen molar-refractivity contribution < 1.29 is 21.7 Å². The molecule has 0 aromatic carbocycles. The molecule has 0 aliphatic rings. The third kappa shape index (κ3) is 17.6. The molecule has 0 spiro atoms. The monoisotopic (exact) mass is 416 g/mol. The Kier molecular flexibility index (Phi) is 20.9. The van der Waals surface area contributed by atoms with Gasteiger partial charge >= 0.3 is 0 Å². The summed E-state index contributed by atoms with van der Waals surface area (Å²) in [5.41, 5.74) is 1.02. The molecular formula is C24H49ClN2O. The van der Waals surface area contributed by atoms with Crippen molar-refractivity contribution >= 4 is 5.91 Å². The van der Waals surface area contributed by atoms with Crippen LogP contribution in [0.15, 0.2) is 12.3 Å². The van der Waals surface area contributed by atoms with E-state index in [1.165, 1.54) is 83.5 Å². The lowest BCUT2D eigenvalue weighted by molar-refractivity contribution is -0.853. The fourth-order valence-corrected chi connectivity index (χ4v) is 3.39. The molecule has 0 bridgehead atoms. The third-order valence-electron chi connectivity index (χ3n) is 5.64. The lowest BCUT2D eigenvalue weighted by Crippen LogP contribution is -3.00. The van der Waals surface area contributed by atoms with Gasteiger partial charge in [-0.15, -0.1) is 0 Å².